The fourth-order valence-corrected chi connectivity index (χ4v) is 3.14. The highest BCUT2D eigenvalue weighted by atomic mass is 16.5. The number of anilines is 1. The third-order valence-electron chi connectivity index (χ3n) is 4.66. The first kappa shape index (κ1) is 15.6. The monoisotopic (exact) mass is 291 g/mol. The largest absolute Gasteiger partial charge is 0.497 e. The van der Waals surface area contributed by atoms with Gasteiger partial charge in [-0.3, -0.25) is 4.79 Å². The van der Waals surface area contributed by atoms with E-state index >= 15 is 0 Å². The molecule has 2 unspecified atom stereocenters. The molecule has 0 spiro atoms. The number of rotatable bonds is 6. The highest BCUT2D eigenvalue weighted by Crippen LogP contribution is 2.36. The predicted molar refractivity (Wildman–Crippen MR) is 84.3 cm³/mol. The molecule has 1 aromatic carbocycles. The molecule has 2 atom stereocenters. The molecule has 0 aromatic heterocycles. The first-order chi connectivity index (χ1) is 9.97. The number of amides is 1. The predicted octanol–water partition coefficient (Wildman–Crippen LogP) is 1.50. The van der Waals surface area contributed by atoms with Crippen LogP contribution in [0.2, 0.25) is 0 Å². The zero-order chi connectivity index (χ0) is 15.5. The summed E-state index contributed by atoms with van der Waals surface area (Å²) in [5.41, 5.74) is 12.0. The van der Waals surface area contributed by atoms with Crippen molar-refractivity contribution in [3.05, 3.63) is 24.3 Å². The average molecular weight is 291 g/mol. The van der Waals surface area contributed by atoms with Gasteiger partial charge in [0.1, 0.15) is 5.75 Å². The van der Waals surface area contributed by atoms with E-state index in [4.69, 9.17) is 16.2 Å². The maximum atomic E-state index is 11.6. The minimum absolute atomic E-state index is 0.177. The molecule has 1 aliphatic carbocycles. The molecule has 1 aromatic rings. The molecule has 5 heteroatoms. The van der Waals surface area contributed by atoms with Crippen molar-refractivity contribution in [3.63, 3.8) is 0 Å². The van der Waals surface area contributed by atoms with Gasteiger partial charge in [-0.1, -0.05) is 6.42 Å². The van der Waals surface area contributed by atoms with Gasteiger partial charge in [0.2, 0.25) is 5.91 Å². The molecule has 0 heterocycles. The average Bonchev–Trinajstić information content (AvgIpc) is 2.87. The van der Waals surface area contributed by atoms with E-state index in [0.717, 1.165) is 37.2 Å². The Labute approximate surface area is 126 Å². The van der Waals surface area contributed by atoms with Crippen LogP contribution in [0.1, 0.15) is 25.7 Å². The number of carbonyl (C=O) groups excluding carboxylic acids is 1. The molecular formula is C16H25N3O2. The van der Waals surface area contributed by atoms with Crippen LogP contribution >= 0.6 is 0 Å². The number of benzene rings is 1. The number of primary amides is 1. The number of methoxy groups -OCH3 is 1. The van der Waals surface area contributed by atoms with E-state index in [1.54, 1.807) is 7.11 Å². The van der Waals surface area contributed by atoms with Crippen molar-refractivity contribution in [2.45, 2.75) is 31.2 Å². The van der Waals surface area contributed by atoms with Gasteiger partial charge in [0.25, 0.3) is 0 Å². The molecule has 5 nitrogen and oxygen atoms in total. The summed E-state index contributed by atoms with van der Waals surface area (Å²) in [6.07, 6.45) is 3.55. The van der Waals surface area contributed by atoms with Crippen LogP contribution in [0.5, 0.6) is 5.75 Å². The van der Waals surface area contributed by atoms with Crippen LogP contribution in [0.4, 0.5) is 5.69 Å². The van der Waals surface area contributed by atoms with Gasteiger partial charge < -0.3 is 21.1 Å². The highest BCUT2D eigenvalue weighted by molar-refractivity contribution is 5.85. The van der Waals surface area contributed by atoms with Gasteiger partial charge in [0.05, 0.1) is 12.6 Å². The first-order valence-corrected chi connectivity index (χ1v) is 7.41. The molecule has 2 rings (SSSR count). The van der Waals surface area contributed by atoms with Crippen molar-refractivity contribution >= 4 is 11.6 Å². The van der Waals surface area contributed by atoms with Crippen molar-refractivity contribution in [2.75, 3.05) is 25.6 Å². The molecule has 116 valence electrons. The van der Waals surface area contributed by atoms with Crippen LogP contribution < -0.4 is 21.1 Å². The van der Waals surface area contributed by atoms with Crippen LogP contribution in [0, 0.1) is 5.92 Å². The first-order valence-electron chi connectivity index (χ1n) is 7.41. The van der Waals surface area contributed by atoms with Gasteiger partial charge in [-0.25, -0.2) is 0 Å². The molecule has 0 bridgehead atoms. The molecule has 4 N–H and O–H groups in total. The Hall–Kier alpha value is -1.75. The van der Waals surface area contributed by atoms with E-state index in [2.05, 4.69) is 4.90 Å². The SMILES string of the molecule is COc1ccc(N(C)CCC2CCCC2(N)C(N)=O)cc1. The van der Waals surface area contributed by atoms with Crippen molar-refractivity contribution in [2.24, 2.45) is 17.4 Å². The summed E-state index contributed by atoms with van der Waals surface area (Å²) in [5, 5.41) is 0. The Morgan fingerprint density at radius 2 is 2.10 bits per heavy atom. The number of hydrogen-bond donors (Lipinski definition) is 2. The summed E-state index contributed by atoms with van der Waals surface area (Å²) in [7, 11) is 3.70. The Morgan fingerprint density at radius 3 is 2.67 bits per heavy atom. The quantitative estimate of drug-likeness (QED) is 0.832. The van der Waals surface area contributed by atoms with Crippen LogP contribution in [0.25, 0.3) is 0 Å². The van der Waals surface area contributed by atoms with E-state index in [0.29, 0.717) is 6.42 Å². The summed E-state index contributed by atoms with van der Waals surface area (Å²) in [5.74, 6) is 0.658. The molecule has 1 aliphatic rings. The lowest BCUT2D eigenvalue weighted by Gasteiger charge is -2.30. The molecule has 0 saturated heterocycles. The van der Waals surface area contributed by atoms with Gasteiger partial charge in [0.15, 0.2) is 0 Å². The molecule has 0 aliphatic heterocycles. The van der Waals surface area contributed by atoms with Crippen molar-refractivity contribution < 1.29 is 9.53 Å². The topological polar surface area (TPSA) is 81.6 Å². The third-order valence-corrected chi connectivity index (χ3v) is 4.66. The van der Waals surface area contributed by atoms with E-state index < -0.39 is 5.54 Å². The maximum absolute atomic E-state index is 11.6. The Balaban J connectivity index is 1.94. The molecule has 1 amide bonds. The van der Waals surface area contributed by atoms with Crippen molar-refractivity contribution in [1.29, 1.82) is 0 Å². The standard InChI is InChI=1S/C16H25N3O2/c1-19(13-5-7-14(21-2)8-6-13)11-9-12-4-3-10-16(12,18)15(17)20/h5-8,12H,3-4,9-11,18H2,1-2H3,(H2,17,20). The number of nitrogens with zero attached hydrogens (tertiary/aromatic N) is 1. The Morgan fingerprint density at radius 1 is 1.43 bits per heavy atom. The highest BCUT2D eigenvalue weighted by Gasteiger charge is 2.43. The fraction of sp³-hybridized carbons (Fsp3) is 0.562. The van der Waals surface area contributed by atoms with Gasteiger partial charge in [-0.05, 0) is 49.4 Å². The number of ether oxygens (including phenoxy) is 1. The second-order valence-electron chi connectivity index (χ2n) is 5.90. The second-order valence-corrected chi connectivity index (χ2v) is 5.90. The number of nitrogens with two attached hydrogens (primary N) is 2. The molecule has 1 fully saturated rings. The van der Waals surface area contributed by atoms with E-state index in [1.165, 1.54) is 0 Å². The van der Waals surface area contributed by atoms with Crippen LogP contribution in [-0.2, 0) is 4.79 Å². The summed E-state index contributed by atoms with van der Waals surface area (Å²) in [6.45, 7) is 0.850. The minimum atomic E-state index is -0.819. The molecule has 21 heavy (non-hydrogen) atoms. The zero-order valence-electron chi connectivity index (χ0n) is 12.8. The van der Waals surface area contributed by atoms with Crippen molar-refractivity contribution in [1.82, 2.24) is 0 Å². The lowest BCUT2D eigenvalue weighted by Crippen LogP contribution is -2.55. The van der Waals surface area contributed by atoms with Gasteiger partial charge >= 0.3 is 0 Å². The summed E-state index contributed by atoms with van der Waals surface area (Å²) < 4.78 is 5.16. The van der Waals surface area contributed by atoms with Crippen LogP contribution in [0.15, 0.2) is 24.3 Å². The Kier molecular flexibility index (Phi) is 4.73. The summed E-state index contributed by atoms with van der Waals surface area (Å²) in [4.78, 5) is 13.8. The lowest BCUT2D eigenvalue weighted by molar-refractivity contribution is -0.124. The fourth-order valence-electron chi connectivity index (χ4n) is 3.14. The van der Waals surface area contributed by atoms with E-state index in [1.807, 2.05) is 31.3 Å². The smallest absolute Gasteiger partial charge is 0.237 e. The van der Waals surface area contributed by atoms with E-state index in [9.17, 15) is 4.79 Å². The summed E-state index contributed by atoms with van der Waals surface area (Å²) >= 11 is 0. The van der Waals surface area contributed by atoms with Gasteiger partial charge in [0, 0.05) is 19.3 Å². The normalized spacial score (nSPS) is 24.8. The van der Waals surface area contributed by atoms with Gasteiger partial charge in [-0.15, -0.1) is 0 Å². The van der Waals surface area contributed by atoms with Gasteiger partial charge in [-0.2, -0.15) is 0 Å². The summed E-state index contributed by atoms with van der Waals surface area (Å²) in [6, 6.07) is 7.94. The van der Waals surface area contributed by atoms with Crippen LogP contribution in [-0.4, -0.2) is 32.1 Å². The van der Waals surface area contributed by atoms with Crippen molar-refractivity contribution in [3.8, 4) is 5.75 Å². The molecule has 0 radical (unpaired) electrons. The number of carbonyl (C=O) groups is 1. The number of hydrogen-bond acceptors (Lipinski definition) is 4. The molecular weight excluding hydrogens is 266 g/mol. The lowest BCUT2D eigenvalue weighted by atomic mass is 9.85. The third kappa shape index (κ3) is 3.29. The Bertz CT molecular complexity index is 489. The second kappa shape index (κ2) is 6.35. The zero-order valence-corrected chi connectivity index (χ0v) is 12.8. The minimum Gasteiger partial charge on any atom is -0.497 e. The van der Waals surface area contributed by atoms with Crippen LogP contribution in [0.3, 0.4) is 0 Å². The maximum Gasteiger partial charge on any atom is 0.237 e. The van der Waals surface area contributed by atoms with E-state index in [-0.39, 0.29) is 11.8 Å². The molecule has 1 saturated carbocycles.